The molecule has 0 saturated carbocycles. The van der Waals surface area contributed by atoms with Crippen molar-refractivity contribution < 1.29 is 14.1 Å². The third-order valence-corrected chi connectivity index (χ3v) is 2.47. The Morgan fingerprint density at radius 3 is 2.74 bits per heavy atom. The van der Waals surface area contributed by atoms with Crippen LogP contribution in [0.4, 0.5) is 15.9 Å². The predicted molar refractivity (Wildman–Crippen MR) is 64.2 cm³/mol. The van der Waals surface area contributed by atoms with E-state index >= 15 is 0 Å². The van der Waals surface area contributed by atoms with Crippen molar-refractivity contribution in [3.63, 3.8) is 0 Å². The molecule has 1 heterocycles. The van der Waals surface area contributed by atoms with Crippen molar-refractivity contribution in [2.75, 3.05) is 5.32 Å². The molecule has 8 heteroatoms. The summed E-state index contributed by atoms with van der Waals surface area (Å²) in [6.07, 6.45) is 1.49. The third-order valence-electron chi connectivity index (χ3n) is 2.47. The topological polar surface area (TPSA) is 90.1 Å². The lowest BCUT2D eigenvalue weighted by molar-refractivity contribution is -0.387. The SMILES string of the molecule is Cn1nccc1NC(=O)c1ccc([N+](=O)[O-])c(F)c1. The molecule has 0 bridgehead atoms. The first-order chi connectivity index (χ1) is 8.99. The fourth-order valence-electron chi connectivity index (χ4n) is 1.48. The zero-order valence-electron chi connectivity index (χ0n) is 9.83. The minimum Gasteiger partial charge on any atom is -0.307 e. The largest absolute Gasteiger partial charge is 0.307 e. The molecule has 0 fully saturated rings. The van der Waals surface area contributed by atoms with Gasteiger partial charge in [-0.15, -0.1) is 0 Å². The number of aromatic nitrogens is 2. The zero-order valence-corrected chi connectivity index (χ0v) is 9.83. The van der Waals surface area contributed by atoms with Gasteiger partial charge >= 0.3 is 5.69 Å². The van der Waals surface area contributed by atoms with Gasteiger partial charge in [-0.2, -0.15) is 9.49 Å². The minimum absolute atomic E-state index is 0.00991. The van der Waals surface area contributed by atoms with Crippen molar-refractivity contribution in [2.45, 2.75) is 0 Å². The van der Waals surface area contributed by atoms with Crippen LogP contribution >= 0.6 is 0 Å². The Hall–Kier alpha value is -2.77. The highest BCUT2D eigenvalue weighted by atomic mass is 19.1. The number of hydrogen-bond donors (Lipinski definition) is 1. The fourth-order valence-corrected chi connectivity index (χ4v) is 1.48. The number of rotatable bonds is 3. The molecule has 0 aliphatic carbocycles. The van der Waals surface area contributed by atoms with Gasteiger partial charge in [-0.25, -0.2) is 0 Å². The number of nitro groups is 1. The molecular weight excluding hydrogens is 255 g/mol. The van der Waals surface area contributed by atoms with Gasteiger partial charge < -0.3 is 5.32 Å². The van der Waals surface area contributed by atoms with Gasteiger partial charge in [0.25, 0.3) is 5.91 Å². The van der Waals surface area contributed by atoms with Gasteiger partial charge in [0.1, 0.15) is 5.82 Å². The molecule has 0 spiro atoms. The Labute approximate surface area is 106 Å². The molecule has 1 amide bonds. The monoisotopic (exact) mass is 264 g/mol. The maximum Gasteiger partial charge on any atom is 0.304 e. The van der Waals surface area contributed by atoms with Gasteiger partial charge in [-0.3, -0.25) is 19.6 Å². The summed E-state index contributed by atoms with van der Waals surface area (Å²) in [5, 5.41) is 16.8. The molecular formula is C11H9FN4O3. The first-order valence-electron chi connectivity index (χ1n) is 5.22. The van der Waals surface area contributed by atoms with Gasteiger partial charge in [-0.05, 0) is 12.1 Å². The second-order valence-electron chi connectivity index (χ2n) is 3.72. The molecule has 2 aromatic rings. The highest BCUT2D eigenvalue weighted by molar-refractivity contribution is 6.03. The molecule has 1 aromatic carbocycles. The first-order valence-corrected chi connectivity index (χ1v) is 5.22. The summed E-state index contributed by atoms with van der Waals surface area (Å²) < 4.78 is 14.8. The molecule has 19 heavy (non-hydrogen) atoms. The molecule has 0 atom stereocenters. The summed E-state index contributed by atoms with van der Waals surface area (Å²) >= 11 is 0. The Kier molecular flexibility index (Phi) is 3.23. The zero-order chi connectivity index (χ0) is 14.0. The fraction of sp³-hybridized carbons (Fsp3) is 0.0909. The number of nitrogens with one attached hydrogen (secondary N) is 1. The molecule has 0 saturated heterocycles. The number of amides is 1. The Balaban J connectivity index is 2.23. The normalized spacial score (nSPS) is 10.2. The van der Waals surface area contributed by atoms with Crippen LogP contribution in [-0.4, -0.2) is 20.6 Å². The van der Waals surface area contributed by atoms with E-state index in [9.17, 15) is 19.3 Å². The van der Waals surface area contributed by atoms with E-state index in [-0.39, 0.29) is 5.56 Å². The molecule has 0 unspecified atom stereocenters. The number of benzene rings is 1. The lowest BCUT2D eigenvalue weighted by Crippen LogP contribution is -2.15. The quantitative estimate of drug-likeness (QED) is 0.675. The predicted octanol–water partition coefficient (Wildman–Crippen LogP) is 1.72. The molecule has 0 aliphatic heterocycles. The maximum atomic E-state index is 13.4. The lowest BCUT2D eigenvalue weighted by atomic mass is 10.2. The molecule has 0 aliphatic rings. The van der Waals surface area contributed by atoms with Crippen LogP contribution in [0.15, 0.2) is 30.5 Å². The molecule has 1 aromatic heterocycles. The number of carbonyl (C=O) groups is 1. The van der Waals surface area contributed by atoms with Crippen LogP contribution in [0.5, 0.6) is 0 Å². The van der Waals surface area contributed by atoms with Gasteiger partial charge in [0, 0.05) is 24.7 Å². The van der Waals surface area contributed by atoms with E-state index in [4.69, 9.17) is 0 Å². The summed E-state index contributed by atoms with van der Waals surface area (Å²) in [5.41, 5.74) is -0.679. The van der Waals surface area contributed by atoms with Crippen LogP contribution in [0.3, 0.4) is 0 Å². The smallest absolute Gasteiger partial charge is 0.304 e. The summed E-state index contributed by atoms with van der Waals surface area (Å²) in [6.45, 7) is 0. The highest BCUT2D eigenvalue weighted by Crippen LogP contribution is 2.18. The van der Waals surface area contributed by atoms with Crippen LogP contribution in [0.2, 0.25) is 0 Å². The third kappa shape index (κ3) is 2.57. The second kappa shape index (κ2) is 4.84. The van der Waals surface area contributed by atoms with E-state index in [1.807, 2.05) is 0 Å². The van der Waals surface area contributed by atoms with Crippen molar-refractivity contribution in [3.8, 4) is 0 Å². The number of aryl methyl sites for hydroxylation is 1. The molecule has 2 rings (SSSR count). The average molecular weight is 264 g/mol. The lowest BCUT2D eigenvalue weighted by Gasteiger charge is -2.05. The Morgan fingerprint density at radius 1 is 1.47 bits per heavy atom. The van der Waals surface area contributed by atoms with Crippen LogP contribution < -0.4 is 5.32 Å². The molecule has 7 nitrogen and oxygen atoms in total. The summed E-state index contributed by atoms with van der Waals surface area (Å²) in [5.74, 6) is -1.19. The van der Waals surface area contributed by atoms with E-state index in [1.165, 1.54) is 16.9 Å². The van der Waals surface area contributed by atoms with Gasteiger partial charge in [0.05, 0.1) is 11.1 Å². The standard InChI is InChI=1S/C11H9FN4O3/c1-15-10(4-5-13-15)14-11(17)7-2-3-9(16(18)19)8(12)6-7/h2-6H,1H3,(H,14,17). The number of carbonyl (C=O) groups excluding carboxylic acids is 1. The number of nitrogens with zero attached hydrogens (tertiary/aromatic N) is 3. The summed E-state index contributed by atoms with van der Waals surface area (Å²) in [4.78, 5) is 21.4. The Bertz CT molecular complexity index is 653. The maximum absolute atomic E-state index is 13.4. The molecule has 1 N–H and O–H groups in total. The molecule has 98 valence electrons. The van der Waals surface area contributed by atoms with Crippen LogP contribution in [0.1, 0.15) is 10.4 Å². The van der Waals surface area contributed by atoms with Crippen molar-refractivity contribution in [3.05, 3.63) is 52.0 Å². The van der Waals surface area contributed by atoms with Crippen LogP contribution in [0.25, 0.3) is 0 Å². The molecule has 0 radical (unpaired) electrons. The number of halogens is 1. The van der Waals surface area contributed by atoms with Crippen molar-refractivity contribution >= 4 is 17.4 Å². The van der Waals surface area contributed by atoms with E-state index < -0.39 is 22.3 Å². The number of hydrogen-bond acceptors (Lipinski definition) is 4. The van der Waals surface area contributed by atoms with Crippen molar-refractivity contribution in [2.24, 2.45) is 7.05 Å². The van der Waals surface area contributed by atoms with Crippen molar-refractivity contribution in [1.82, 2.24) is 9.78 Å². The van der Waals surface area contributed by atoms with Gasteiger partial charge in [0.2, 0.25) is 5.82 Å². The highest BCUT2D eigenvalue weighted by Gasteiger charge is 2.17. The van der Waals surface area contributed by atoms with Crippen LogP contribution in [0, 0.1) is 15.9 Å². The Morgan fingerprint density at radius 2 is 2.21 bits per heavy atom. The van der Waals surface area contributed by atoms with E-state index in [2.05, 4.69) is 10.4 Å². The van der Waals surface area contributed by atoms with Crippen molar-refractivity contribution in [1.29, 1.82) is 0 Å². The first kappa shape index (κ1) is 12.7. The summed E-state index contributed by atoms with van der Waals surface area (Å²) in [6, 6.07) is 4.53. The number of nitro benzene ring substituents is 1. The second-order valence-corrected chi connectivity index (χ2v) is 3.72. The number of anilines is 1. The van der Waals surface area contributed by atoms with Gasteiger partial charge in [-0.1, -0.05) is 0 Å². The van der Waals surface area contributed by atoms with E-state index in [0.29, 0.717) is 5.82 Å². The minimum atomic E-state index is -1.05. The van der Waals surface area contributed by atoms with E-state index in [1.54, 1.807) is 13.1 Å². The average Bonchev–Trinajstić information content (AvgIpc) is 2.74. The van der Waals surface area contributed by atoms with Crippen LogP contribution in [-0.2, 0) is 7.05 Å². The summed E-state index contributed by atoms with van der Waals surface area (Å²) in [7, 11) is 1.63. The van der Waals surface area contributed by atoms with Gasteiger partial charge in [0.15, 0.2) is 0 Å². The van der Waals surface area contributed by atoms with E-state index in [0.717, 1.165) is 12.1 Å².